The van der Waals surface area contributed by atoms with Gasteiger partial charge in [-0.25, -0.2) is 0 Å². The van der Waals surface area contributed by atoms with Crippen LogP contribution in [0.4, 0.5) is 0 Å². The smallest absolute Gasteiger partial charge is 0.306 e. The Bertz CT molecular complexity index is 407. The van der Waals surface area contributed by atoms with E-state index in [4.69, 9.17) is 4.74 Å². The molecule has 1 aliphatic rings. The van der Waals surface area contributed by atoms with Crippen molar-refractivity contribution in [2.45, 2.75) is 25.7 Å². The molecule has 1 aromatic carbocycles. The molecule has 2 unspecified atom stereocenters. The van der Waals surface area contributed by atoms with Crippen LogP contribution in [0.2, 0.25) is 0 Å². The Balaban J connectivity index is 1.63. The Hall–Kier alpha value is -1.55. The summed E-state index contributed by atoms with van der Waals surface area (Å²) >= 11 is 0. The molecule has 1 fully saturated rings. The molecule has 2 N–H and O–H groups in total. The van der Waals surface area contributed by atoms with Gasteiger partial charge in [0.15, 0.2) is 0 Å². The third-order valence-corrected chi connectivity index (χ3v) is 3.92. The second-order valence-corrected chi connectivity index (χ2v) is 5.35. The highest BCUT2D eigenvalue weighted by Crippen LogP contribution is 2.29. The summed E-state index contributed by atoms with van der Waals surface area (Å²) in [4.78, 5) is 11.2. The molecule has 2 rings (SSSR count). The van der Waals surface area contributed by atoms with Crippen LogP contribution >= 0.6 is 0 Å². The first-order valence-electron chi connectivity index (χ1n) is 7.39. The largest absolute Gasteiger partial charge is 0.492 e. The normalized spacial score (nSPS) is 22.4. The highest BCUT2D eigenvalue weighted by Gasteiger charge is 2.30. The van der Waals surface area contributed by atoms with Gasteiger partial charge in [-0.15, -0.1) is 0 Å². The average molecular weight is 277 g/mol. The fourth-order valence-electron chi connectivity index (χ4n) is 2.82. The maximum absolute atomic E-state index is 11.2. The highest BCUT2D eigenvalue weighted by atomic mass is 16.5. The molecular formula is C16H23NO3. The van der Waals surface area contributed by atoms with E-state index in [1.807, 2.05) is 30.3 Å². The van der Waals surface area contributed by atoms with Crippen molar-refractivity contribution in [2.75, 3.05) is 19.7 Å². The number of carboxylic acid groups (broad SMARTS) is 1. The number of rotatable bonds is 7. The van der Waals surface area contributed by atoms with E-state index < -0.39 is 5.97 Å². The summed E-state index contributed by atoms with van der Waals surface area (Å²) in [5.41, 5.74) is 0. The summed E-state index contributed by atoms with van der Waals surface area (Å²) in [5, 5.41) is 12.5. The lowest BCUT2D eigenvalue weighted by molar-refractivity contribution is -0.144. The van der Waals surface area contributed by atoms with Gasteiger partial charge in [0.1, 0.15) is 12.4 Å². The molecule has 0 aliphatic heterocycles. The average Bonchev–Trinajstić information content (AvgIpc) is 2.48. The molecule has 0 heterocycles. The molecule has 20 heavy (non-hydrogen) atoms. The third kappa shape index (κ3) is 4.53. The Morgan fingerprint density at radius 2 is 2.00 bits per heavy atom. The van der Waals surface area contributed by atoms with Crippen molar-refractivity contribution < 1.29 is 14.6 Å². The molecule has 0 amide bonds. The summed E-state index contributed by atoms with van der Waals surface area (Å²) in [6.45, 7) is 2.13. The van der Waals surface area contributed by atoms with Gasteiger partial charge in [0.05, 0.1) is 5.92 Å². The summed E-state index contributed by atoms with van der Waals surface area (Å²) in [5.74, 6) is 0.316. The zero-order valence-corrected chi connectivity index (χ0v) is 11.8. The third-order valence-electron chi connectivity index (χ3n) is 3.92. The number of carbonyl (C=O) groups is 1. The number of benzene rings is 1. The molecule has 0 radical (unpaired) electrons. The Morgan fingerprint density at radius 3 is 2.75 bits per heavy atom. The van der Waals surface area contributed by atoms with Gasteiger partial charge in [0.25, 0.3) is 0 Å². The topological polar surface area (TPSA) is 58.6 Å². The molecule has 4 nitrogen and oxygen atoms in total. The predicted octanol–water partition coefficient (Wildman–Crippen LogP) is 2.55. The second-order valence-electron chi connectivity index (χ2n) is 5.35. The number of para-hydroxylation sites is 1. The summed E-state index contributed by atoms with van der Waals surface area (Å²) in [6, 6.07) is 9.72. The van der Waals surface area contributed by atoms with Gasteiger partial charge in [-0.1, -0.05) is 31.0 Å². The first-order chi connectivity index (χ1) is 9.77. The van der Waals surface area contributed by atoms with Gasteiger partial charge in [-0.05, 0) is 37.4 Å². The van der Waals surface area contributed by atoms with Gasteiger partial charge >= 0.3 is 5.97 Å². The van der Waals surface area contributed by atoms with Crippen LogP contribution in [0.3, 0.4) is 0 Å². The first kappa shape index (κ1) is 14.9. The highest BCUT2D eigenvalue weighted by molar-refractivity contribution is 5.70. The lowest BCUT2D eigenvalue weighted by Gasteiger charge is -2.28. The summed E-state index contributed by atoms with van der Waals surface area (Å²) in [7, 11) is 0. The minimum atomic E-state index is -0.642. The quantitative estimate of drug-likeness (QED) is 0.752. The van der Waals surface area contributed by atoms with Crippen LogP contribution in [0.5, 0.6) is 5.75 Å². The summed E-state index contributed by atoms with van der Waals surface area (Å²) in [6.07, 6.45) is 4.03. The molecule has 0 spiro atoms. The summed E-state index contributed by atoms with van der Waals surface area (Å²) < 4.78 is 5.59. The number of ether oxygens (including phenoxy) is 1. The van der Waals surface area contributed by atoms with Crippen LogP contribution in [0.15, 0.2) is 30.3 Å². The van der Waals surface area contributed by atoms with Gasteiger partial charge in [-0.3, -0.25) is 4.79 Å². The van der Waals surface area contributed by atoms with Gasteiger partial charge in [-0.2, -0.15) is 0 Å². The van der Waals surface area contributed by atoms with E-state index in [0.717, 1.165) is 44.5 Å². The van der Waals surface area contributed by atoms with Crippen molar-refractivity contribution >= 4 is 5.97 Å². The van der Waals surface area contributed by atoms with E-state index in [-0.39, 0.29) is 11.8 Å². The van der Waals surface area contributed by atoms with Gasteiger partial charge in [0, 0.05) is 6.54 Å². The van der Waals surface area contributed by atoms with E-state index in [1.165, 1.54) is 0 Å². The van der Waals surface area contributed by atoms with E-state index in [0.29, 0.717) is 6.61 Å². The Morgan fingerprint density at radius 1 is 1.25 bits per heavy atom. The second kappa shape index (κ2) is 7.90. The fraction of sp³-hybridized carbons (Fsp3) is 0.562. The molecule has 4 heteroatoms. The van der Waals surface area contributed by atoms with Crippen molar-refractivity contribution in [2.24, 2.45) is 11.8 Å². The zero-order valence-electron chi connectivity index (χ0n) is 11.8. The number of hydrogen-bond donors (Lipinski definition) is 2. The number of carboxylic acids is 1. The minimum absolute atomic E-state index is 0.175. The molecule has 1 saturated carbocycles. The van der Waals surface area contributed by atoms with E-state index in [2.05, 4.69) is 5.32 Å². The van der Waals surface area contributed by atoms with E-state index >= 15 is 0 Å². The van der Waals surface area contributed by atoms with E-state index in [1.54, 1.807) is 0 Å². The van der Waals surface area contributed by atoms with E-state index in [9.17, 15) is 9.90 Å². The number of aliphatic carboxylic acids is 1. The lowest BCUT2D eigenvalue weighted by Crippen LogP contribution is -2.36. The molecule has 1 aromatic rings. The van der Waals surface area contributed by atoms with Crippen LogP contribution in [0.1, 0.15) is 25.7 Å². The van der Waals surface area contributed by atoms with Gasteiger partial charge < -0.3 is 15.2 Å². The SMILES string of the molecule is O=C(O)C1CCCCC1CNCCOc1ccccc1. The molecule has 110 valence electrons. The standard InChI is InChI=1S/C16H23NO3/c18-16(19)15-9-5-4-6-13(15)12-17-10-11-20-14-7-2-1-3-8-14/h1-3,7-8,13,15,17H,4-6,9-12H2,(H,18,19). The molecule has 2 atom stereocenters. The number of hydrogen-bond acceptors (Lipinski definition) is 3. The first-order valence-corrected chi connectivity index (χ1v) is 7.39. The minimum Gasteiger partial charge on any atom is -0.492 e. The number of nitrogens with one attached hydrogen (secondary N) is 1. The van der Waals surface area contributed by atoms with Crippen LogP contribution < -0.4 is 10.1 Å². The maximum atomic E-state index is 11.2. The predicted molar refractivity (Wildman–Crippen MR) is 77.9 cm³/mol. The van der Waals surface area contributed by atoms with Crippen molar-refractivity contribution in [1.29, 1.82) is 0 Å². The van der Waals surface area contributed by atoms with Crippen molar-refractivity contribution in [3.05, 3.63) is 30.3 Å². The molecule has 0 aromatic heterocycles. The fourth-order valence-corrected chi connectivity index (χ4v) is 2.82. The van der Waals surface area contributed by atoms with Crippen molar-refractivity contribution in [1.82, 2.24) is 5.32 Å². The van der Waals surface area contributed by atoms with Crippen LogP contribution in [0, 0.1) is 11.8 Å². The molecule has 1 aliphatic carbocycles. The Kier molecular flexibility index (Phi) is 5.87. The van der Waals surface area contributed by atoms with Crippen molar-refractivity contribution in [3.63, 3.8) is 0 Å². The lowest BCUT2D eigenvalue weighted by atomic mass is 9.79. The molecular weight excluding hydrogens is 254 g/mol. The van der Waals surface area contributed by atoms with Crippen molar-refractivity contribution in [3.8, 4) is 5.75 Å². The maximum Gasteiger partial charge on any atom is 0.306 e. The zero-order chi connectivity index (χ0) is 14.2. The molecule has 0 saturated heterocycles. The van der Waals surface area contributed by atoms with Crippen LogP contribution in [-0.4, -0.2) is 30.8 Å². The Labute approximate surface area is 120 Å². The van der Waals surface area contributed by atoms with Gasteiger partial charge in [0.2, 0.25) is 0 Å². The molecule has 0 bridgehead atoms. The monoisotopic (exact) mass is 277 g/mol. The van der Waals surface area contributed by atoms with Crippen LogP contribution in [0.25, 0.3) is 0 Å². The van der Waals surface area contributed by atoms with Crippen LogP contribution in [-0.2, 0) is 4.79 Å².